The Bertz CT molecular complexity index is 361. The van der Waals surface area contributed by atoms with Crippen molar-refractivity contribution in [2.75, 3.05) is 11.9 Å². The van der Waals surface area contributed by atoms with E-state index in [2.05, 4.69) is 70.1 Å². The number of hydrogen-bond acceptors (Lipinski definition) is 3. The number of anilines is 1. The summed E-state index contributed by atoms with van der Waals surface area (Å²) in [7, 11) is 2.12. The van der Waals surface area contributed by atoms with Crippen molar-refractivity contribution in [2.45, 2.75) is 53.2 Å². The number of pyridine rings is 1. The molecule has 0 aliphatic heterocycles. The Morgan fingerprint density at radius 1 is 1.17 bits per heavy atom. The Morgan fingerprint density at radius 2 is 1.83 bits per heavy atom. The molecule has 1 heterocycles. The van der Waals surface area contributed by atoms with E-state index in [4.69, 9.17) is 4.98 Å². The zero-order chi connectivity index (χ0) is 13.7. The van der Waals surface area contributed by atoms with Crippen LogP contribution in [-0.4, -0.2) is 24.1 Å². The third kappa shape index (κ3) is 4.30. The molecule has 0 saturated carbocycles. The standard InChI is InChI=1S/C15H27N3/c1-11(2)13(5)18(6)15-9-7-8-14(17-15)10-16-12(3)4/h7-9,11-13,16H,10H2,1-6H3. The van der Waals surface area contributed by atoms with E-state index >= 15 is 0 Å². The first-order chi connectivity index (χ1) is 8.41. The maximum Gasteiger partial charge on any atom is 0.128 e. The van der Waals surface area contributed by atoms with Gasteiger partial charge < -0.3 is 10.2 Å². The molecule has 1 aromatic rings. The maximum absolute atomic E-state index is 4.71. The van der Waals surface area contributed by atoms with Gasteiger partial charge in [0.05, 0.1) is 5.69 Å². The average Bonchev–Trinajstić information content (AvgIpc) is 2.34. The zero-order valence-electron chi connectivity index (χ0n) is 12.6. The highest BCUT2D eigenvalue weighted by molar-refractivity contribution is 5.39. The van der Waals surface area contributed by atoms with E-state index in [-0.39, 0.29) is 0 Å². The molecule has 0 spiro atoms. The van der Waals surface area contributed by atoms with Gasteiger partial charge in [0.25, 0.3) is 0 Å². The van der Waals surface area contributed by atoms with Gasteiger partial charge in [-0.2, -0.15) is 0 Å². The van der Waals surface area contributed by atoms with E-state index in [1.165, 1.54) is 0 Å². The minimum absolute atomic E-state index is 0.489. The summed E-state index contributed by atoms with van der Waals surface area (Å²) in [5.74, 6) is 1.67. The lowest BCUT2D eigenvalue weighted by molar-refractivity contribution is 0.501. The van der Waals surface area contributed by atoms with Crippen LogP contribution >= 0.6 is 0 Å². The first kappa shape index (κ1) is 15.0. The van der Waals surface area contributed by atoms with Gasteiger partial charge in [-0.1, -0.05) is 33.8 Å². The van der Waals surface area contributed by atoms with Crippen molar-refractivity contribution in [3.63, 3.8) is 0 Å². The lowest BCUT2D eigenvalue weighted by Gasteiger charge is -2.29. The number of aromatic nitrogens is 1. The van der Waals surface area contributed by atoms with Crippen LogP contribution in [0.4, 0.5) is 5.82 Å². The van der Waals surface area contributed by atoms with E-state index in [9.17, 15) is 0 Å². The second kappa shape index (κ2) is 6.74. The van der Waals surface area contributed by atoms with Crippen molar-refractivity contribution in [3.8, 4) is 0 Å². The molecular formula is C15H27N3. The molecule has 0 amide bonds. The van der Waals surface area contributed by atoms with Crippen molar-refractivity contribution in [2.24, 2.45) is 5.92 Å². The molecule has 0 aliphatic carbocycles. The molecule has 0 aliphatic rings. The Kier molecular flexibility index (Phi) is 5.60. The Hall–Kier alpha value is -1.09. The fraction of sp³-hybridized carbons (Fsp3) is 0.667. The molecule has 1 unspecified atom stereocenters. The molecule has 0 bridgehead atoms. The summed E-state index contributed by atoms with van der Waals surface area (Å²) in [5.41, 5.74) is 1.10. The lowest BCUT2D eigenvalue weighted by Crippen LogP contribution is -2.34. The monoisotopic (exact) mass is 249 g/mol. The maximum atomic E-state index is 4.71. The third-order valence-corrected chi connectivity index (χ3v) is 3.42. The van der Waals surface area contributed by atoms with Gasteiger partial charge in [0.15, 0.2) is 0 Å². The fourth-order valence-corrected chi connectivity index (χ4v) is 1.73. The van der Waals surface area contributed by atoms with Gasteiger partial charge in [-0.3, -0.25) is 0 Å². The van der Waals surface area contributed by atoms with Gasteiger partial charge in [0, 0.05) is 25.7 Å². The van der Waals surface area contributed by atoms with Crippen molar-refractivity contribution >= 4 is 5.82 Å². The van der Waals surface area contributed by atoms with E-state index < -0.39 is 0 Å². The molecule has 0 fully saturated rings. The Morgan fingerprint density at radius 3 is 2.39 bits per heavy atom. The Balaban J connectivity index is 2.75. The summed E-state index contributed by atoms with van der Waals surface area (Å²) in [6, 6.07) is 7.22. The van der Waals surface area contributed by atoms with Crippen molar-refractivity contribution in [3.05, 3.63) is 23.9 Å². The van der Waals surface area contributed by atoms with E-state index in [1.807, 2.05) is 0 Å². The predicted molar refractivity (Wildman–Crippen MR) is 78.9 cm³/mol. The topological polar surface area (TPSA) is 28.2 Å². The molecule has 1 N–H and O–H groups in total. The van der Waals surface area contributed by atoms with Crippen LogP contribution in [0.2, 0.25) is 0 Å². The van der Waals surface area contributed by atoms with E-state index in [0.717, 1.165) is 18.1 Å². The van der Waals surface area contributed by atoms with Crippen LogP contribution in [0.25, 0.3) is 0 Å². The van der Waals surface area contributed by atoms with Crippen molar-refractivity contribution in [1.29, 1.82) is 0 Å². The van der Waals surface area contributed by atoms with Gasteiger partial charge in [0.2, 0.25) is 0 Å². The van der Waals surface area contributed by atoms with Gasteiger partial charge in [-0.25, -0.2) is 4.98 Å². The quantitative estimate of drug-likeness (QED) is 0.840. The second-order valence-corrected chi connectivity index (χ2v) is 5.62. The first-order valence-electron chi connectivity index (χ1n) is 6.84. The number of nitrogens with one attached hydrogen (secondary N) is 1. The predicted octanol–water partition coefficient (Wildman–Crippen LogP) is 3.06. The normalized spacial score (nSPS) is 13.1. The summed E-state index contributed by atoms with van der Waals surface area (Å²) < 4.78 is 0. The molecule has 1 aromatic heterocycles. The molecule has 0 saturated heterocycles. The summed E-state index contributed by atoms with van der Waals surface area (Å²) in [6.07, 6.45) is 0. The van der Waals surface area contributed by atoms with Crippen LogP contribution in [0, 0.1) is 5.92 Å². The molecule has 1 atom stereocenters. The molecule has 0 radical (unpaired) electrons. The summed E-state index contributed by atoms with van der Waals surface area (Å²) in [6.45, 7) is 11.9. The molecule has 3 heteroatoms. The summed E-state index contributed by atoms with van der Waals surface area (Å²) in [5, 5.41) is 3.40. The van der Waals surface area contributed by atoms with Gasteiger partial charge in [-0.15, -0.1) is 0 Å². The SMILES string of the molecule is CC(C)NCc1cccc(N(C)C(C)C(C)C)n1. The smallest absolute Gasteiger partial charge is 0.128 e. The van der Waals surface area contributed by atoms with E-state index in [1.54, 1.807) is 0 Å². The average molecular weight is 249 g/mol. The van der Waals surface area contributed by atoms with Crippen LogP contribution < -0.4 is 10.2 Å². The minimum Gasteiger partial charge on any atom is -0.357 e. The van der Waals surface area contributed by atoms with Gasteiger partial charge in [0.1, 0.15) is 5.82 Å². The molecular weight excluding hydrogens is 222 g/mol. The molecule has 18 heavy (non-hydrogen) atoms. The molecule has 3 nitrogen and oxygen atoms in total. The van der Waals surface area contributed by atoms with Gasteiger partial charge >= 0.3 is 0 Å². The third-order valence-electron chi connectivity index (χ3n) is 3.42. The number of nitrogens with zero attached hydrogens (tertiary/aromatic N) is 2. The highest BCUT2D eigenvalue weighted by Crippen LogP contribution is 2.17. The lowest BCUT2D eigenvalue weighted by atomic mass is 10.1. The first-order valence-corrected chi connectivity index (χ1v) is 6.84. The largest absolute Gasteiger partial charge is 0.357 e. The number of hydrogen-bond donors (Lipinski definition) is 1. The van der Waals surface area contributed by atoms with Crippen LogP contribution in [0.3, 0.4) is 0 Å². The van der Waals surface area contributed by atoms with Gasteiger partial charge in [-0.05, 0) is 25.0 Å². The molecule has 0 aromatic carbocycles. The van der Waals surface area contributed by atoms with Crippen LogP contribution in [0.15, 0.2) is 18.2 Å². The van der Waals surface area contributed by atoms with Crippen LogP contribution in [0.1, 0.15) is 40.3 Å². The van der Waals surface area contributed by atoms with Crippen molar-refractivity contribution in [1.82, 2.24) is 10.3 Å². The number of rotatable bonds is 6. The van der Waals surface area contributed by atoms with E-state index in [0.29, 0.717) is 18.0 Å². The molecule has 1 rings (SSSR count). The fourth-order valence-electron chi connectivity index (χ4n) is 1.73. The summed E-state index contributed by atoms with van der Waals surface area (Å²) >= 11 is 0. The van der Waals surface area contributed by atoms with Crippen molar-refractivity contribution < 1.29 is 0 Å². The van der Waals surface area contributed by atoms with Crippen LogP contribution in [0.5, 0.6) is 0 Å². The second-order valence-electron chi connectivity index (χ2n) is 5.62. The van der Waals surface area contributed by atoms with Crippen LogP contribution in [-0.2, 0) is 6.54 Å². The zero-order valence-corrected chi connectivity index (χ0v) is 12.6. The molecule has 102 valence electrons. The highest BCUT2D eigenvalue weighted by atomic mass is 15.2. The minimum atomic E-state index is 0.489. The highest BCUT2D eigenvalue weighted by Gasteiger charge is 2.14. The Labute approximate surface area is 112 Å². The summed E-state index contributed by atoms with van der Waals surface area (Å²) in [4.78, 5) is 6.97.